The Bertz CT molecular complexity index is 3310. The molecule has 0 unspecified atom stereocenters. The Morgan fingerprint density at radius 2 is 0.871 bits per heavy atom. The van der Waals surface area contributed by atoms with Gasteiger partial charge in [0, 0.05) is 39.1 Å². The molecule has 12 rings (SSSR count). The number of rotatable bonds is 7. The van der Waals surface area contributed by atoms with E-state index in [1.165, 1.54) is 27.5 Å². The molecule has 62 heavy (non-hydrogen) atoms. The summed E-state index contributed by atoms with van der Waals surface area (Å²) in [5, 5.41) is 4.66. The van der Waals surface area contributed by atoms with Crippen LogP contribution in [0.1, 0.15) is 22.3 Å². The van der Waals surface area contributed by atoms with Gasteiger partial charge >= 0.3 is 0 Å². The molecule has 0 saturated carbocycles. The van der Waals surface area contributed by atoms with Crippen LogP contribution in [-0.4, -0.2) is 0 Å². The number of fused-ring (bicyclic) bond motifs is 7. The number of hydrogen-bond acceptors (Lipinski definition) is 3. The lowest BCUT2D eigenvalue weighted by Gasteiger charge is -2.46. The van der Waals surface area contributed by atoms with Crippen LogP contribution in [0.4, 0.5) is 34.1 Å². The van der Waals surface area contributed by atoms with Crippen LogP contribution in [0.3, 0.4) is 0 Å². The Morgan fingerprint density at radius 3 is 1.50 bits per heavy atom. The van der Waals surface area contributed by atoms with E-state index in [0.717, 1.165) is 72.8 Å². The SMILES string of the molecule is c1ccc(N(c2ccccc2)c2ccc(-c3ccc(N4c5ccccc5C(c5ccccc5)(c5cc6ccccc6c6c5oc5ccccc56)c5ccccc54)cc3)cc2)cc1. The number of para-hydroxylation sites is 5. The second kappa shape index (κ2) is 14.5. The highest BCUT2D eigenvalue weighted by atomic mass is 16.3. The van der Waals surface area contributed by atoms with Crippen molar-refractivity contribution < 1.29 is 4.42 Å². The monoisotopic (exact) mass is 792 g/mol. The summed E-state index contributed by atoms with van der Waals surface area (Å²) < 4.78 is 7.04. The van der Waals surface area contributed by atoms with Crippen molar-refractivity contribution in [3.63, 3.8) is 0 Å². The van der Waals surface area contributed by atoms with Crippen molar-refractivity contribution in [2.45, 2.75) is 5.41 Å². The maximum absolute atomic E-state index is 7.04. The quantitative estimate of drug-likeness (QED) is 0.160. The normalized spacial score (nSPS) is 12.9. The summed E-state index contributed by atoms with van der Waals surface area (Å²) in [7, 11) is 0. The molecule has 0 saturated heterocycles. The second-order valence-corrected chi connectivity index (χ2v) is 16.0. The fraction of sp³-hybridized carbons (Fsp3) is 0.0169. The number of furan rings is 1. The molecular weight excluding hydrogens is 753 g/mol. The lowest BCUT2D eigenvalue weighted by molar-refractivity contribution is 0.644. The van der Waals surface area contributed by atoms with Gasteiger partial charge in [0.25, 0.3) is 0 Å². The van der Waals surface area contributed by atoms with Crippen LogP contribution in [-0.2, 0) is 5.41 Å². The summed E-state index contributed by atoms with van der Waals surface area (Å²) in [5.74, 6) is 0. The summed E-state index contributed by atoms with van der Waals surface area (Å²) >= 11 is 0. The van der Waals surface area contributed by atoms with Crippen LogP contribution < -0.4 is 9.80 Å². The minimum Gasteiger partial charge on any atom is -0.456 e. The molecule has 3 nitrogen and oxygen atoms in total. The smallest absolute Gasteiger partial charge is 0.140 e. The van der Waals surface area contributed by atoms with E-state index in [9.17, 15) is 0 Å². The molecule has 0 spiro atoms. The zero-order valence-corrected chi connectivity index (χ0v) is 33.9. The fourth-order valence-corrected chi connectivity index (χ4v) is 10.0. The van der Waals surface area contributed by atoms with E-state index >= 15 is 0 Å². The van der Waals surface area contributed by atoms with Crippen molar-refractivity contribution in [2.75, 3.05) is 9.80 Å². The molecule has 292 valence electrons. The topological polar surface area (TPSA) is 19.6 Å². The molecule has 2 heterocycles. The highest BCUT2D eigenvalue weighted by Crippen LogP contribution is 2.59. The van der Waals surface area contributed by atoms with Gasteiger partial charge in [0.1, 0.15) is 11.2 Å². The predicted octanol–water partition coefficient (Wildman–Crippen LogP) is 16.0. The fourth-order valence-electron chi connectivity index (χ4n) is 10.0. The third-order valence-corrected chi connectivity index (χ3v) is 12.7. The molecule has 0 bridgehead atoms. The number of benzene rings is 10. The number of anilines is 6. The van der Waals surface area contributed by atoms with Gasteiger partial charge in [-0.25, -0.2) is 0 Å². The van der Waals surface area contributed by atoms with Gasteiger partial charge in [-0.15, -0.1) is 0 Å². The molecule has 0 fully saturated rings. The van der Waals surface area contributed by atoms with Crippen molar-refractivity contribution in [3.8, 4) is 11.1 Å². The zero-order chi connectivity index (χ0) is 41.0. The van der Waals surface area contributed by atoms with Crippen molar-refractivity contribution in [1.29, 1.82) is 0 Å². The van der Waals surface area contributed by atoms with E-state index in [0.29, 0.717) is 0 Å². The Labute approximate surface area is 361 Å². The van der Waals surface area contributed by atoms with Crippen LogP contribution in [0.5, 0.6) is 0 Å². The summed E-state index contributed by atoms with van der Waals surface area (Å²) in [6.07, 6.45) is 0. The van der Waals surface area contributed by atoms with Crippen molar-refractivity contribution in [2.24, 2.45) is 0 Å². The minimum atomic E-state index is -0.712. The summed E-state index contributed by atoms with van der Waals surface area (Å²) in [6, 6.07) is 87.5. The standard InChI is InChI=1S/C59H40N2O/c1-4-19-44(20-5-1)59(53-40-43-18-10-11-25-49(43)57-50-26-12-17-31-56(50)62-58(53)57)51-27-13-15-29-54(51)61(55-30-16-14-28-52(55)59)48-38-34-42(35-39-48)41-32-36-47(37-33-41)60(45-21-6-2-7-22-45)46-23-8-3-9-24-46/h1-40H. The summed E-state index contributed by atoms with van der Waals surface area (Å²) in [6.45, 7) is 0. The van der Waals surface area contributed by atoms with Crippen LogP contribution >= 0.6 is 0 Å². The van der Waals surface area contributed by atoms with Crippen LogP contribution in [0.25, 0.3) is 43.8 Å². The third-order valence-electron chi connectivity index (χ3n) is 12.7. The van der Waals surface area contributed by atoms with Gasteiger partial charge in [-0.05, 0) is 111 Å². The van der Waals surface area contributed by atoms with Crippen LogP contribution in [0, 0.1) is 0 Å². The maximum Gasteiger partial charge on any atom is 0.140 e. The van der Waals surface area contributed by atoms with Crippen LogP contribution in [0.2, 0.25) is 0 Å². The summed E-state index contributed by atoms with van der Waals surface area (Å²) in [4.78, 5) is 4.73. The van der Waals surface area contributed by atoms with Gasteiger partial charge in [0.15, 0.2) is 0 Å². The van der Waals surface area contributed by atoms with Gasteiger partial charge in [-0.3, -0.25) is 0 Å². The average molecular weight is 793 g/mol. The molecule has 10 aromatic carbocycles. The highest BCUT2D eigenvalue weighted by molar-refractivity contribution is 6.20. The van der Waals surface area contributed by atoms with E-state index in [1.807, 2.05) is 0 Å². The molecule has 0 N–H and O–H groups in total. The first-order valence-electron chi connectivity index (χ1n) is 21.3. The van der Waals surface area contributed by atoms with Crippen LogP contribution in [0.15, 0.2) is 247 Å². The molecule has 0 aliphatic carbocycles. The second-order valence-electron chi connectivity index (χ2n) is 16.0. The Balaban J connectivity index is 1.01. The largest absolute Gasteiger partial charge is 0.456 e. The molecule has 0 radical (unpaired) electrons. The lowest BCUT2D eigenvalue weighted by Crippen LogP contribution is -2.37. The Kier molecular flexibility index (Phi) is 8.39. The highest BCUT2D eigenvalue weighted by Gasteiger charge is 2.48. The van der Waals surface area contributed by atoms with Crippen molar-refractivity contribution >= 4 is 66.8 Å². The molecule has 1 aliphatic heterocycles. The van der Waals surface area contributed by atoms with Crippen molar-refractivity contribution in [1.82, 2.24) is 0 Å². The Morgan fingerprint density at radius 1 is 0.387 bits per heavy atom. The van der Waals surface area contributed by atoms with Gasteiger partial charge in [0.05, 0.1) is 16.8 Å². The molecule has 11 aromatic rings. The molecular formula is C59H40N2O. The minimum absolute atomic E-state index is 0.712. The zero-order valence-electron chi connectivity index (χ0n) is 33.9. The van der Waals surface area contributed by atoms with E-state index in [2.05, 4.69) is 252 Å². The maximum atomic E-state index is 7.04. The Hall–Kier alpha value is -8.14. The summed E-state index contributed by atoms with van der Waals surface area (Å²) in [5.41, 5.74) is 14.8. The van der Waals surface area contributed by atoms with Gasteiger partial charge in [-0.1, -0.05) is 170 Å². The lowest BCUT2D eigenvalue weighted by atomic mass is 9.62. The van der Waals surface area contributed by atoms with E-state index in [4.69, 9.17) is 4.42 Å². The van der Waals surface area contributed by atoms with Gasteiger partial charge < -0.3 is 14.2 Å². The molecule has 0 atom stereocenters. The number of nitrogens with zero attached hydrogens (tertiary/aromatic N) is 2. The number of hydrogen-bond donors (Lipinski definition) is 0. The predicted molar refractivity (Wildman–Crippen MR) is 258 cm³/mol. The molecule has 1 aromatic heterocycles. The van der Waals surface area contributed by atoms with Crippen molar-refractivity contribution in [3.05, 3.63) is 265 Å². The molecule has 1 aliphatic rings. The van der Waals surface area contributed by atoms with Gasteiger partial charge in [-0.2, -0.15) is 0 Å². The van der Waals surface area contributed by atoms with Gasteiger partial charge in [0.2, 0.25) is 0 Å². The van der Waals surface area contributed by atoms with E-state index < -0.39 is 5.41 Å². The first-order chi connectivity index (χ1) is 30.8. The van der Waals surface area contributed by atoms with E-state index in [-0.39, 0.29) is 0 Å². The first-order valence-corrected chi connectivity index (χ1v) is 21.3. The molecule has 0 amide bonds. The molecule has 3 heteroatoms. The third kappa shape index (κ3) is 5.52. The average Bonchev–Trinajstić information content (AvgIpc) is 3.75. The van der Waals surface area contributed by atoms with E-state index in [1.54, 1.807) is 0 Å². The first kappa shape index (κ1) is 35.8.